The third-order valence-corrected chi connectivity index (χ3v) is 4.98. The molecule has 1 aromatic carbocycles. The van der Waals surface area contributed by atoms with E-state index in [1.54, 1.807) is 16.6 Å². The smallest absolute Gasteiger partial charge is 0.255 e. The van der Waals surface area contributed by atoms with Gasteiger partial charge in [0.15, 0.2) is 0 Å². The number of halogens is 3. The maximum absolute atomic E-state index is 14.6. The van der Waals surface area contributed by atoms with Crippen molar-refractivity contribution in [3.8, 4) is 11.1 Å². The van der Waals surface area contributed by atoms with Gasteiger partial charge in [-0.05, 0) is 31.9 Å². The lowest BCUT2D eigenvalue weighted by Crippen LogP contribution is -2.29. The van der Waals surface area contributed by atoms with E-state index in [9.17, 15) is 4.39 Å². The molecule has 0 radical (unpaired) electrons. The molecule has 0 spiro atoms. The van der Waals surface area contributed by atoms with Gasteiger partial charge in [0, 0.05) is 18.2 Å². The van der Waals surface area contributed by atoms with Crippen LogP contribution in [0.4, 0.5) is 10.2 Å². The first-order chi connectivity index (χ1) is 11.6. The molecule has 0 N–H and O–H groups in total. The van der Waals surface area contributed by atoms with Crippen LogP contribution < -0.4 is 4.90 Å². The fourth-order valence-corrected chi connectivity index (χ4v) is 3.78. The van der Waals surface area contributed by atoms with Crippen molar-refractivity contribution < 1.29 is 4.39 Å². The summed E-state index contributed by atoms with van der Waals surface area (Å²) in [4.78, 5) is 10.5. The van der Waals surface area contributed by atoms with Crippen LogP contribution in [0.2, 0.25) is 10.2 Å². The van der Waals surface area contributed by atoms with Crippen molar-refractivity contribution in [3.63, 3.8) is 0 Å². The minimum Gasteiger partial charge on any atom is -0.353 e. The van der Waals surface area contributed by atoms with Gasteiger partial charge in [-0.15, -0.1) is 0 Å². The molecule has 0 amide bonds. The predicted molar refractivity (Wildman–Crippen MR) is 92.2 cm³/mol. The van der Waals surface area contributed by atoms with E-state index in [-0.39, 0.29) is 21.8 Å². The van der Waals surface area contributed by atoms with Gasteiger partial charge in [-0.1, -0.05) is 29.3 Å². The minimum absolute atomic E-state index is 0.164. The Bertz CT molecular complexity index is 906. The average Bonchev–Trinajstić information content (AvgIpc) is 3.16. The van der Waals surface area contributed by atoms with Crippen molar-refractivity contribution in [2.45, 2.75) is 25.8 Å². The molecule has 0 saturated carbocycles. The first kappa shape index (κ1) is 15.6. The number of benzene rings is 1. The van der Waals surface area contributed by atoms with Gasteiger partial charge in [-0.25, -0.2) is 4.39 Å². The molecule has 5 nitrogen and oxygen atoms in total. The number of aromatic nitrogens is 4. The Kier molecular flexibility index (Phi) is 3.81. The molecule has 1 fully saturated rings. The first-order valence-electron chi connectivity index (χ1n) is 7.68. The average molecular weight is 366 g/mol. The van der Waals surface area contributed by atoms with Crippen LogP contribution in [0.5, 0.6) is 0 Å². The number of nitrogens with zero attached hydrogens (tertiary/aromatic N) is 5. The van der Waals surface area contributed by atoms with E-state index in [0.717, 1.165) is 19.4 Å². The molecule has 0 aliphatic carbocycles. The van der Waals surface area contributed by atoms with E-state index in [4.69, 9.17) is 23.2 Å². The molecular weight excluding hydrogens is 352 g/mol. The lowest BCUT2D eigenvalue weighted by molar-refractivity contribution is 0.630. The van der Waals surface area contributed by atoms with E-state index >= 15 is 0 Å². The molecular formula is C16H14Cl2FN5. The molecule has 124 valence electrons. The minimum atomic E-state index is -0.446. The van der Waals surface area contributed by atoms with E-state index in [0.29, 0.717) is 17.2 Å². The Morgan fingerprint density at radius 3 is 2.79 bits per heavy atom. The summed E-state index contributed by atoms with van der Waals surface area (Å²) in [5, 5.41) is 4.71. The Hall–Kier alpha value is -1.92. The Balaban J connectivity index is 2.09. The molecule has 1 unspecified atom stereocenters. The van der Waals surface area contributed by atoms with Crippen LogP contribution in [0.1, 0.15) is 19.8 Å². The second kappa shape index (κ2) is 5.86. The molecule has 1 aliphatic rings. The molecule has 3 heterocycles. The number of rotatable bonds is 2. The van der Waals surface area contributed by atoms with Gasteiger partial charge in [-0.2, -0.15) is 19.6 Å². The van der Waals surface area contributed by atoms with E-state index in [2.05, 4.69) is 26.9 Å². The molecule has 1 aliphatic heterocycles. The summed E-state index contributed by atoms with van der Waals surface area (Å²) in [5.74, 6) is 0.614. The van der Waals surface area contributed by atoms with Gasteiger partial charge >= 0.3 is 0 Å². The SMILES string of the molecule is CC1CCCN1c1c(-c2c(F)cccc2Cl)c(Cl)nc2ncnn12. The zero-order valence-corrected chi connectivity index (χ0v) is 14.4. The van der Waals surface area contributed by atoms with Crippen LogP contribution in [0.25, 0.3) is 16.9 Å². The lowest BCUT2D eigenvalue weighted by Gasteiger charge is -2.27. The van der Waals surface area contributed by atoms with E-state index in [1.807, 2.05) is 0 Å². The van der Waals surface area contributed by atoms with Crippen LogP contribution in [0.15, 0.2) is 24.5 Å². The third-order valence-electron chi connectivity index (χ3n) is 4.40. The van der Waals surface area contributed by atoms with Crippen LogP contribution in [0.3, 0.4) is 0 Å². The molecule has 2 aromatic heterocycles. The quantitative estimate of drug-likeness (QED) is 0.637. The van der Waals surface area contributed by atoms with Gasteiger partial charge < -0.3 is 4.90 Å². The second-order valence-corrected chi connectivity index (χ2v) is 6.62. The largest absolute Gasteiger partial charge is 0.353 e. The summed E-state index contributed by atoms with van der Waals surface area (Å²) in [5.41, 5.74) is 0.690. The number of hydrogen-bond acceptors (Lipinski definition) is 4. The van der Waals surface area contributed by atoms with Crippen molar-refractivity contribution in [3.05, 3.63) is 40.5 Å². The van der Waals surface area contributed by atoms with Crippen LogP contribution in [-0.4, -0.2) is 32.2 Å². The van der Waals surface area contributed by atoms with Crippen molar-refractivity contribution in [1.29, 1.82) is 0 Å². The topological polar surface area (TPSA) is 46.3 Å². The summed E-state index contributed by atoms with van der Waals surface area (Å²) >= 11 is 12.7. The lowest BCUT2D eigenvalue weighted by atomic mass is 10.1. The highest BCUT2D eigenvalue weighted by Crippen LogP contribution is 2.42. The number of hydrogen-bond donors (Lipinski definition) is 0. The third kappa shape index (κ3) is 2.32. The second-order valence-electron chi connectivity index (χ2n) is 5.85. The summed E-state index contributed by atoms with van der Waals surface area (Å²) in [6.07, 6.45) is 3.50. The maximum Gasteiger partial charge on any atom is 0.255 e. The number of fused-ring (bicyclic) bond motifs is 1. The summed E-state index contributed by atoms with van der Waals surface area (Å²) in [6.45, 7) is 2.95. The first-order valence-corrected chi connectivity index (χ1v) is 8.43. The highest BCUT2D eigenvalue weighted by Gasteiger charge is 2.30. The molecule has 24 heavy (non-hydrogen) atoms. The predicted octanol–water partition coefficient (Wildman–Crippen LogP) is 4.23. The Morgan fingerprint density at radius 1 is 1.25 bits per heavy atom. The molecule has 8 heteroatoms. The van der Waals surface area contributed by atoms with Crippen molar-refractivity contribution in [1.82, 2.24) is 19.6 Å². The molecule has 4 rings (SSSR count). The summed E-state index contributed by atoms with van der Waals surface area (Å²) < 4.78 is 16.2. The maximum atomic E-state index is 14.6. The molecule has 0 bridgehead atoms. The van der Waals surface area contributed by atoms with Crippen molar-refractivity contribution in [2.75, 3.05) is 11.4 Å². The summed E-state index contributed by atoms with van der Waals surface area (Å²) in [6, 6.07) is 4.84. The van der Waals surface area contributed by atoms with Gasteiger partial charge in [0.05, 0.1) is 10.6 Å². The highest BCUT2D eigenvalue weighted by atomic mass is 35.5. The van der Waals surface area contributed by atoms with Crippen LogP contribution in [0, 0.1) is 5.82 Å². The zero-order chi connectivity index (χ0) is 16.8. The van der Waals surface area contributed by atoms with Crippen molar-refractivity contribution in [2.24, 2.45) is 0 Å². The highest BCUT2D eigenvalue weighted by molar-refractivity contribution is 6.36. The van der Waals surface area contributed by atoms with Gasteiger partial charge in [0.2, 0.25) is 0 Å². The van der Waals surface area contributed by atoms with Gasteiger partial charge in [0.25, 0.3) is 5.78 Å². The fraction of sp³-hybridized carbons (Fsp3) is 0.312. The fourth-order valence-electron chi connectivity index (χ4n) is 3.27. The standard InChI is InChI=1S/C16H14Cl2FN5/c1-9-4-3-7-23(9)15-13(12-10(17)5-2-6-11(12)19)14(18)22-16-20-8-21-24(15)16/h2,5-6,8-9H,3-4,7H2,1H3. The Labute approximate surface area is 148 Å². The zero-order valence-electron chi connectivity index (χ0n) is 12.9. The van der Waals surface area contributed by atoms with Crippen molar-refractivity contribution >= 4 is 34.8 Å². The van der Waals surface area contributed by atoms with Crippen LogP contribution in [-0.2, 0) is 0 Å². The molecule has 1 saturated heterocycles. The van der Waals surface area contributed by atoms with Gasteiger partial charge in [0.1, 0.15) is 23.1 Å². The monoisotopic (exact) mass is 365 g/mol. The van der Waals surface area contributed by atoms with E-state index in [1.165, 1.54) is 12.4 Å². The van der Waals surface area contributed by atoms with Crippen LogP contribution >= 0.6 is 23.2 Å². The number of anilines is 1. The molecule has 3 aromatic rings. The van der Waals surface area contributed by atoms with E-state index < -0.39 is 5.82 Å². The Morgan fingerprint density at radius 2 is 2.08 bits per heavy atom. The molecule has 1 atom stereocenters. The summed E-state index contributed by atoms with van der Waals surface area (Å²) in [7, 11) is 0. The van der Waals surface area contributed by atoms with Gasteiger partial charge in [-0.3, -0.25) is 0 Å². The normalized spacial score (nSPS) is 17.8.